The standard InChI is InChI=1S/C61H109N3O9/c1-4-7-10-13-16-19-22-25-31-40-54(71-50-52-37-29-28-30-38-52)48-57(66)63-53(51-72-60-43-34-35-47-70-60)39-36-45-62-61(69)56(44-46-65)64-58(67)49-55(41-32-26-23-20-17-14-11-8-5-2)73-59(68)42-33-27-24-21-18-15-12-9-6-3/h28-30,37-38,53-56,60,65H,4-27,31-36,39-51H2,1-3H3,(H,62,69)(H,63,66)(H,64,67)/t53-,54-,55-,56+,60?/m1/s1. The molecule has 0 saturated carbocycles. The molecular weight excluding hydrogens is 919 g/mol. The minimum atomic E-state index is -0.940. The number of ether oxygens (including phenoxy) is 4. The number of amides is 3. The van der Waals surface area contributed by atoms with E-state index in [2.05, 4.69) is 36.7 Å². The van der Waals surface area contributed by atoms with E-state index in [1.54, 1.807) is 0 Å². The number of unbranched alkanes of at least 4 members (excludes halogenated alkanes) is 24. The Labute approximate surface area is 445 Å². The Balaban J connectivity index is 1.95. The Kier molecular flexibility index (Phi) is 42.9. The van der Waals surface area contributed by atoms with Crippen LogP contribution in [0.25, 0.3) is 0 Å². The second-order valence-corrected chi connectivity index (χ2v) is 21.2. The molecule has 422 valence electrons. The molecule has 4 N–H and O–H groups in total. The number of aliphatic hydroxyl groups is 1. The summed E-state index contributed by atoms with van der Waals surface area (Å²) in [7, 11) is 0. The molecule has 1 unspecified atom stereocenters. The molecule has 12 nitrogen and oxygen atoms in total. The molecule has 73 heavy (non-hydrogen) atoms. The number of esters is 1. The lowest BCUT2D eigenvalue weighted by Gasteiger charge is -2.27. The van der Waals surface area contributed by atoms with Gasteiger partial charge >= 0.3 is 5.97 Å². The van der Waals surface area contributed by atoms with E-state index < -0.39 is 12.1 Å². The van der Waals surface area contributed by atoms with E-state index in [1.807, 2.05) is 30.3 Å². The number of carbonyl (C=O) groups is 4. The quantitative estimate of drug-likeness (QED) is 0.0368. The smallest absolute Gasteiger partial charge is 0.306 e. The predicted molar refractivity (Wildman–Crippen MR) is 297 cm³/mol. The fourth-order valence-corrected chi connectivity index (χ4v) is 9.72. The van der Waals surface area contributed by atoms with Gasteiger partial charge in [-0.25, -0.2) is 0 Å². The van der Waals surface area contributed by atoms with E-state index >= 15 is 0 Å². The number of nitrogens with one attached hydrogen (secondary N) is 3. The first-order valence-electron chi connectivity index (χ1n) is 30.3. The zero-order valence-electron chi connectivity index (χ0n) is 46.9. The molecular formula is C61H109N3O9. The van der Waals surface area contributed by atoms with Gasteiger partial charge in [0.25, 0.3) is 0 Å². The van der Waals surface area contributed by atoms with Gasteiger partial charge < -0.3 is 40.0 Å². The molecule has 0 radical (unpaired) electrons. The molecule has 1 aliphatic heterocycles. The van der Waals surface area contributed by atoms with Crippen molar-refractivity contribution in [3.8, 4) is 0 Å². The summed E-state index contributed by atoms with van der Waals surface area (Å²) in [5.74, 6) is -1.12. The van der Waals surface area contributed by atoms with Gasteiger partial charge in [-0.15, -0.1) is 0 Å². The average molecular weight is 1030 g/mol. The second-order valence-electron chi connectivity index (χ2n) is 21.2. The highest BCUT2D eigenvalue weighted by Crippen LogP contribution is 2.20. The summed E-state index contributed by atoms with van der Waals surface area (Å²) in [6, 6.07) is 8.84. The van der Waals surface area contributed by atoms with Crippen molar-refractivity contribution < 1.29 is 43.2 Å². The van der Waals surface area contributed by atoms with Crippen LogP contribution in [0, 0.1) is 0 Å². The summed E-state index contributed by atoms with van der Waals surface area (Å²) in [4.78, 5) is 53.8. The largest absolute Gasteiger partial charge is 0.462 e. The summed E-state index contributed by atoms with van der Waals surface area (Å²) in [5.41, 5.74) is 1.08. The number of aliphatic hydroxyl groups excluding tert-OH is 1. The highest BCUT2D eigenvalue weighted by atomic mass is 16.7. The Hall–Kier alpha value is -3.06. The molecule has 2 rings (SSSR count). The molecule has 1 heterocycles. The first-order chi connectivity index (χ1) is 35.8. The van der Waals surface area contributed by atoms with Crippen LogP contribution in [-0.2, 0) is 44.7 Å². The van der Waals surface area contributed by atoms with Crippen molar-refractivity contribution in [3.05, 3.63) is 35.9 Å². The number of carbonyl (C=O) groups excluding carboxylic acids is 4. The van der Waals surface area contributed by atoms with Gasteiger partial charge in [-0.2, -0.15) is 0 Å². The summed E-state index contributed by atoms with van der Waals surface area (Å²) >= 11 is 0. The Morgan fingerprint density at radius 3 is 1.67 bits per heavy atom. The van der Waals surface area contributed by atoms with Gasteiger partial charge in [-0.1, -0.05) is 212 Å². The van der Waals surface area contributed by atoms with Gasteiger partial charge in [-0.3, -0.25) is 19.2 Å². The normalized spacial score (nSPS) is 15.3. The molecule has 1 fully saturated rings. The fraction of sp³-hybridized carbons (Fsp3) is 0.836. The zero-order chi connectivity index (χ0) is 52.7. The summed E-state index contributed by atoms with van der Waals surface area (Å²) in [5, 5.41) is 19.0. The van der Waals surface area contributed by atoms with Crippen LogP contribution in [0.3, 0.4) is 0 Å². The number of benzene rings is 1. The summed E-state index contributed by atoms with van der Waals surface area (Å²) in [6.07, 6.45) is 36.9. The third-order valence-electron chi connectivity index (χ3n) is 14.3. The molecule has 0 aromatic heterocycles. The van der Waals surface area contributed by atoms with Crippen molar-refractivity contribution in [3.63, 3.8) is 0 Å². The third kappa shape index (κ3) is 38.2. The first kappa shape index (κ1) is 66.1. The van der Waals surface area contributed by atoms with Gasteiger partial charge in [0.1, 0.15) is 12.1 Å². The van der Waals surface area contributed by atoms with E-state index in [9.17, 15) is 24.3 Å². The molecule has 1 aliphatic rings. The number of hydrogen-bond donors (Lipinski definition) is 4. The summed E-state index contributed by atoms with van der Waals surface area (Å²) in [6.45, 7) is 8.12. The van der Waals surface area contributed by atoms with Gasteiger partial charge in [0.05, 0.1) is 38.2 Å². The second kappa shape index (κ2) is 47.4. The van der Waals surface area contributed by atoms with Crippen LogP contribution in [0.5, 0.6) is 0 Å². The number of rotatable bonds is 50. The van der Waals surface area contributed by atoms with Crippen molar-refractivity contribution in [1.82, 2.24) is 16.0 Å². The van der Waals surface area contributed by atoms with Crippen molar-refractivity contribution in [2.75, 3.05) is 26.4 Å². The van der Waals surface area contributed by atoms with Crippen molar-refractivity contribution >= 4 is 23.7 Å². The molecule has 0 aliphatic carbocycles. The van der Waals surface area contributed by atoms with Crippen molar-refractivity contribution in [2.24, 2.45) is 0 Å². The van der Waals surface area contributed by atoms with E-state index in [4.69, 9.17) is 18.9 Å². The van der Waals surface area contributed by atoms with E-state index in [1.165, 1.54) is 122 Å². The van der Waals surface area contributed by atoms with Gasteiger partial charge in [0.2, 0.25) is 17.7 Å². The molecule has 0 bridgehead atoms. The Morgan fingerprint density at radius 1 is 0.603 bits per heavy atom. The van der Waals surface area contributed by atoms with Crippen molar-refractivity contribution in [1.29, 1.82) is 0 Å². The predicted octanol–water partition coefficient (Wildman–Crippen LogP) is 13.8. The molecule has 1 aromatic rings. The molecule has 1 saturated heterocycles. The maximum atomic E-state index is 13.7. The first-order valence-corrected chi connectivity index (χ1v) is 30.3. The van der Waals surface area contributed by atoms with Gasteiger partial charge in [0.15, 0.2) is 6.29 Å². The van der Waals surface area contributed by atoms with Crippen LogP contribution < -0.4 is 16.0 Å². The van der Waals surface area contributed by atoms with E-state index in [-0.39, 0.29) is 74.6 Å². The lowest BCUT2D eigenvalue weighted by molar-refractivity contribution is -0.167. The van der Waals surface area contributed by atoms with Crippen molar-refractivity contribution in [2.45, 2.75) is 302 Å². The third-order valence-corrected chi connectivity index (χ3v) is 14.3. The van der Waals surface area contributed by atoms with E-state index in [0.717, 1.165) is 82.6 Å². The minimum Gasteiger partial charge on any atom is -0.462 e. The topological polar surface area (TPSA) is 162 Å². The van der Waals surface area contributed by atoms with Gasteiger partial charge in [0, 0.05) is 26.2 Å². The van der Waals surface area contributed by atoms with Crippen LogP contribution in [0.1, 0.15) is 270 Å². The van der Waals surface area contributed by atoms with Gasteiger partial charge in [-0.05, 0) is 69.8 Å². The lowest BCUT2D eigenvalue weighted by Crippen LogP contribution is -2.48. The monoisotopic (exact) mass is 1030 g/mol. The zero-order valence-corrected chi connectivity index (χ0v) is 46.9. The molecule has 5 atom stereocenters. The molecule has 12 heteroatoms. The van der Waals surface area contributed by atoms with Crippen LogP contribution in [0.4, 0.5) is 0 Å². The maximum absolute atomic E-state index is 13.7. The maximum Gasteiger partial charge on any atom is 0.306 e. The Morgan fingerprint density at radius 2 is 1.12 bits per heavy atom. The molecule has 3 amide bonds. The highest BCUT2D eigenvalue weighted by Gasteiger charge is 2.25. The summed E-state index contributed by atoms with van der Waals surface area (Å²) < 4.78 is 24.4. The fourth-order valence-electron chi connectivity index (χ4n) is 9.72. The molecule has 1 aromatic carbocycles. The highest BCUT2D eigenvalue weighted by molar-refractivity contribution is 5.87. The van der Waals surface area contributed by atoms with Crippen LogP contribution >= 0.6 is 0 Å². The lowest BCUT2D eigenvalue weighted by atomic mass is 10.0. The Bertz CT molecular complexity index is 1460. The average Bonchev–Trinajstić information content (AvgIpc) is 3.39. The van der Waals surface area contributed by atoms with Crippen LogP contribution in [0.2, 0.25) is 0 Å². The SMILES string of the molecule is CCCCCCCCCCCC(=O)O[C@H](CCCCCCCCCCC)CC(=O)N[C@@H](CCO)C(=O)NCCC[C@H](COC1CCCCO1)NC(=O)C[C@@H](CCCCCCCCCCC)OCc1ccccc1. The van der Waals surface area contributed by atoms with E-state index in [0.29, 0.717) is 45.4 Å². The van der Waals surface area contributed by atoms with Crippen LogP contribution in [-0.4, -0.2) is 85.7 Å². The van der Waals surface area contributed by atoms with Crippen LogP contribution in [0.15, 0.2) is 30.3 Å². The minimum absolute atomic E-state index is 0.0286. The molecule has 0 spiro atoms. The number of hydrogen-bond acceptors (Lipinski definition) is 9.